The lowest BCUT2D eigenvalue weighted by Crippen LogP contribution is -2.53. The fourth-order valence-electron chi connectivity index (χ4n) is 3.88. The first kappa shape index (κ1) is 16.5. The van der Waals surface area contributed by atoms with Crippen LogP contribution in [-0.2, 0) is 11.2 Å². The number of imide groups is 1. The lowest BCUT2D eigenvalue weighted by molar-refractivity contribution is -0.123. The minimum Gasteiger partial charge on any atom is -0.310 e. The van der Waals surface area contributed by atoms with Crippen LogP contribution in [0.5, 0.6) is 0 Å². The van der Waals surface area contributed by atoms with Gasteiger partial charge in [-0.3, -0.25) is 19.3 Å². The van der Waals surface area contributed by atoms with Gasteiger partial charge in [-0.25, -0.2) is 0 Å². The zero-order valence-electron chi connectivity index (χ0n) is 14.8. The van der Waals surface area contributed by atoms with Crippen molar-refractivity contribution in [2.24, 2.45) is 5.92 Å². The van der Waals surface area contributed by atoms with Gasteiger partial charge in [0.05, 0.1) is 11.1 Å². The predicted molar refractivity (Wildman–Crippen MR) is 98.1 cm³/mol. The monoisotopic (exact) mass is 348 g/mol. The molecule has 2 aliphatic rings. The first-order chi connectivity index (χ1) is 12.5. The fourth-order valence-corrected chi connectivity index (χ4v) is 3.88. The molecule has 2 aromatic carbocycles. The third kappa shape index (κ3) is 2.35. The molecule has 0 saturated heterocycles. The lowest BCUT2D eigenvalue weighted by Gasteiger charge is -2.32. The fraction of sp³-hybridized carbons (Fsp3) is 0.286. The molecule has 2 heterocycles. The van der Waals surface area contributed by atoms with Crippen LogP contribution in [0.2, 0.25) is 0 Å². The summed E-state index contributed by atoms with van der Waals surface area (Å²) in [5.41, 5.74) is 2.74. The molecule has 0 aliphatic carbocycles. The number of rotatable bonds is 3. The maximum Gasteiger partial charge on any atom is 0.262 e. The van der Waals surface area contributed by atoms with Crippen molar-refractivity contribution in [1.29, 1.82) is 0 Å². The minimum absolute atomic E-state index is 0.183. The maximum absolute atomic E-state index is 13.4. The van der Waals surface area contributed by atoms with Crippen LogP contribution in [0, 0.1) is 5.92 Å². The minimum atomic E-state index is -0.812. The van der Waals surface area contributed by atoms with Crippen LogP contribution in [0.3, 0.4) is 0 Å². The summed E-state index contributed by atoms with van der Waals surface area (Å²) in [6, 6.07) is 13.7. The van der Waals surface area contributed by atoms with E-state index in [0.717, 1.165) is 22.6 Å². The molecule has 1 atom stereocenters. The van der Waals surface area contributed by atoms with Gasteiger partial charge in [0.25, 0.3) is 17.7 Å². The molecule has 4 rings (SSSR count). The number of carbonyl (C=O) groups excluding carboxylic acids is 3. The molecule has 0 spiro atoms. The second-order valence-corrected chi connectivity index (χ2v) is 7.08. The van der Waals surface area contributed by atoms with Gasteiger partial charge in [0.1, 0.15) is 6.04 Å². The summed E-state index contributed by atoms with van der Waals surface area (Å²) in [7, 11) is 0. The average molecular weight is 348 g/mol. The van der Waals surface area contributed by atoms with Crippen LogP contribution in [0.25, 0.3) is 0 Å². The van der Waals surface area contributed by atoms with E-state index in [2.05, 4.69) is 0 Å². The van der Waals surface area contributed by atoms with Gasteiger partial charge in [-0.05, 0) is 36.1 Å². The molecule has 0 aromatic heterocycles. The van der Waals surface area contributed by atoms with E-state index in [1.807, 2.05) is 38.1 Å². The Hall–Kier alpha value is -2.95. The van der Waals surface area contributed by atoms with E-state index in [4.69, 9.17) is 0 Å². The van der Waals surface area contributed by atoms with Crippen molar-refractivity contribution in [2.45, 2.75) is 26.3 Å². The van der Waals surface area contributed by atoms with Gasteiger partial charge in [0.2, 0.25) is 0 Å². The number of hydrogen-bond donors (Lipinski definition) is 0. The van der Waals surface area contributed by atoms with Gasteiger partial charge in [-0.2, -0.15) is 0 Å². The zero-order chi connectivity index (χ0) is 18.4. The normalized spacial score (nSPS) is 16.9. The summed E-state index contributed by atoms with van der Waals surface area (Å²) < 4.78 is 0. The third-order valence-electron chi connectivity index (χ3n) is 5.14. The van der Waals surface area contributed by atoms with Crippen molar-refractivity contribution < 1.29 is 14.4 Å². The SMILES string of the molecule is CC(C)C(C(=O)N1CCc2ccccc21)N1C(=O)c2ccccc2C1=O. The Bertz CT molecular complexity index is 884. The molecular weight excluding hydrogens is 328 g/mol. The van der Waals surface area contributed by atoms with E-state index in [9.17, 15) is 14.4 Å². The molecule has 0 radical (unpaired) electrons. The van der Waals surface area contributed by atoms with Crippen LogP contribution >= 0.6 is 0 Å². The summed E-state index contributed by atoms with van der Waals surface area (Å²) >= 11 is 0. The molecule has 0 N–H and O–H groups in total. The van der Waals surface area contributed by atoms with Gasteiger partial charge in [-0.15, -0.1) is 0 Å². The van der Waals surface area contributed by atoms with Gasteiger partial charge in [0.15, 0.2) is 0 Å². The molecule has 0 fully saturated rings. The summed E-state index contributed by atoms with van der Waals surface area (Å²) in [5.74, 6) is -1.15. The van der Waals surface area contributed by atoms with E-state index in [1.54, 1.807) is 29.2 Å². The summed E-state index contributed by atoms with van der Waals surface area (Å²) in [6.45, 7) is 4.31. The highest BCUT2D eigenvalue weighted by Gasteiger charge is 2.45. The first-order valence-electron chi connectivity index (χ1n) is 8.87. The zero-order valence-corrected chi connectivity index (χ0v) is 14.8. The van der Waals surface area contributed by atoms with Crippen LogP contribution < -0.4 is 4.90 Å². The predicted octanol–water partition coefficient (Wildman–Crippen LogP) is 2.90. The molecule has 0 saturated carbocycles. The summed E-state index contributed by atoms with van der Waals surface area (Å²) in [5, 5.41) is 0. The summed E-state index contributed by atoms with van der Waals surface area (Å²) in [4.78, 5) is 41.9. The second kappa shape index (κ2) is 6.09. The molecular formula is C21H20N2O3. The van der Waals surface area contributed by atoms with Crippen molar-refractivity contribution in [2.75, 3.05) is 11.4 Å². The Morgan fingerprint density at radius 1 is 0.923 bits per heavy atom. The molecule has 26 heavy (non-hydrogen) atoms. The Labute approximate surface area is 152 Å². The Morgan fingerprint density at radius 2 is 1.50 bits per heavy atom. The van der Waals surface area contributed by atoms with Crippen LogP contribution in [0.15, 0.2) is 48.5 Å². The number of nitrogens with zero attached hydrogens (tertiary/aromatic N) is 2. The van der Waals surface area contributed by atoms with E-state index >= 15 is 0 Å². The quantitative estimate of drug-likeness (QED) is 0.802. The van der Waals surface area contributed by atoms with Gasteiger partial charge in [0, 0.05) is 12.2 Å². The molecule has 5 heteroatoms. The van der Waals surface area contributed by atoms with Crippen molar-refractivity contribution >= 4 is 23.4 Å². The third-order valence-corrected chi connectivity index (χ3v) is 5.14. The molecule has 2 aliphatic heterocycles. The number of fused-ring (bicyclic) bond motifs is 2. The summed E-state index contributed by atoms with van der Waals surface area (Å²) in [6.07, 6.45) is 0.787. The number of para-hydroxylation sites is 1. The van der Waals surface area contributed by atoms with Crippen molar-refractivity contribution in [3.8, 4) is 0 Å². The van der Waals surface area contributed by atoms with Gasteiger partial charge >= 0.3 is 0 Å². The highest BCUT2D eigenvalue weighted by Crippen LogP contribution is 2.32. The Balaban J connectivity index is 1.71. The molecule has 1 unspecified atom stereocenters. The topological polar surface area (TPSA) is 57.7 Å². The smallest absolute Gasteiger partial charge is 0.262 e. The first-order valence-corrected chi connectivity index (χ1v) is 8.87. The molecule has 5 nitrogen and oxygen atoms in total. The number of hydrogen-bond acceptors (Lipinski definition) is 3. The van der Waals surface area contributed by atoms with E-state index in [0.29, 0.717) is 17.7 Å². The van der Waals surface area contributed by atoms with Gasteiger partial charge in [-0.1, -0.05) is 44.2 Å². The lowest BCUT2D eigenvalue weighted by atomic mass is 10.0. The standard InChI is InChI=1S/C21H20N2O3/c1-13(2)18(21(26)22-12-11-14-7-3-6-10-17(14)22)23-19(24)15-8-4-5-9-16(15)20(23)25/h3-10,13,18H,11-12H2,1-2H3. The number of benzene rings is 2. The molecule has 2 aromatic rings. The number of amides is 3. The molecule has 132 valence electrons. The van der Waals surface area contributed by atoms with Crippen LogP contribution in [0.1, 0.15) is 40.1 Å². The Kier molecular flexibility index (Phi) is 3.87. The largest absolute Gasteiger partial charge is 0.310 e. The highest BCUT2D eigenvalue weighted by atomic mass is 16.2. The second-order valence-electron chi connectivity index (χ2n) is 7.08. The Morgan fingerprint density at radius 3 is 2.12 bits per heavy atom. The van der Waals surface area contributed by atoms with E-state index in [-0.39, 0.29) is 23.6 Å². The number of anilines is 1. The highest BCUT2D eigenvalue weighted by molar-refractivity contribution is 6.23. The average Bonchev–Trinajstić information content (AvgIpc) is 3.17. The van der Waals surface area contributed by atoms with Crippen molar-refractivity contribution in [3.63, 3.8) is 0 Å². The van der Waals surface area contributed by atoms with E-state index in [1.165, 1.54) is 0 Å². The van der Waals surface area contributed by atoms with Gasteiger partial charge < -0.3 is 4.90 Å². The maximum atomic E-state index is 13.4. The van der Waals surface area contributed by atoms with Crippen LogP contribution in [-0.4, -0.2) is 35.2 Å². The molecule has 3 amide bonds. The molecule has 0 bridgehead atoms. The van der Waals surface area contributed by atoms with Crippen LogP contribution in [0.4, 0.5) is 5.69 Å². The van der Waals surface area contributed by atoms with Crippen molar-refractivity contribution in [3.05, 3.63) is 65.2 Å². The number of carbonyl (C=O) groups is 3. The van der Waals surface area contributed by atoms with Crippen molar-refractivity contribution in [1.82, 2.24) is 4.90 Å². The van der Waals surface area contributed by atoms with E-state index < -0.39 is 6.04 Å².